The van der Waals surface area contributed by atoms with Gasteiger partial charge < -0.3 is 25.2 Å². The minimum Gasteiger partial charge on any atom is -0.378 e. The van der Waals surface area contributed by atoms with Gasteiger partial charge in [0.2, 0.25) is 11.9 Å². The predicted octanol–water partition coefficient (Wildman–Crippen LogP) is 2.79. The summed E-state index contributed by atoms with van der Waals surface area (Å²) in [6.45, 7) is 7.83. The summed E-state index contributed by atoms with van der Waals surface area (Å²) in [6.07, 6.45) is 4.38. The Labute approximate surface area is 177 Å². The highest BCUT2D eigenvalue weighted by molar-refractivity contribution is 5.78. The number of ether oxygens (including phenoxy) is 1. The fourth-order valence-corrected chi connectivity index (χ4v) is 3.78. The van der Waals surface area contributed by atoms with E-state index in [-0.39, 0.29) is 5.91 Å². The first-order valence-electron chi connectivity index (χ1n) is 10.7. The highest BCUT2D eigenvalue weighted by Gasteiger charge is 2.19. The van der Waals surface area contributed by atoms with E-state index in [1.165, 1.54) is 5.69 Å². The lowest BCUT2D eigenvalue weighted by Gasteiger charge is -2.28. The minimum atomic E-state index is 0.271. The molecule has 8 heteroatoms. The Morgan fingerprint density at radius 2 is 1.93 bits per heavy atom. The molecule has 2 aliphatic heterocycles. The van der Waals surface area contributed by atoms with E-state index in [2.05, 4.69) is 49.8 Å². The number of carbonyl (C=O) groups excluding carboxylic acids is 1. The van der Waals surface area contributed by atoms with Gasteiger partial charge in [-0.2, -0.15) is 4.98 Å². The third-order valence-electron chi connectivity index (χ3n) is 5.54. The van der Waals surface area contributed by atoms with Gasteiger partial charge in [-0.1, -0.05) is 0 Å². The first-order valence-corrected chi connectivity index (χ1v) is 10.7. The van der Waals surface area contributed by atoms with E-state index in [0.29, 0.717) is 12.4 Å². The van der Waals surface area contributed by atoms with Crippen LogP contribution in [0.3, 0.4) is 0 Å². The summed E-state index contributed by atoms with van der Waals surface area (Å²) in [5, 5.41) is 6.67. The van der Waals surface area contributed by atoms with Crippen LogP contribution in [0.25, 0.3) is 0 Å². The number of nitrogens with one attached hydrogen (secondary N) is 2. The van der Waals surface area contributed by atoms with Crippen molar-refractivity contribution < 1.29 is 9.53 Å². The van der Waals surface area contributed by atoms with Gasteiger partial charge in [-0.3, -0.25) is 4.79 Å². The predicted molar refractivity (Wildman–Crippen MR) is 118 cm³/mol. The SMILES string of the molecule is Cc1cnc(NCCCN2CCCC2=O)nc1Nc1ccc(N2CCOCC2)cc1. The van der Waals surface area contributed by atoms with Crippen LogP contribution in [0.5, 0.6) is 0 Å². The van der Waals surface area contributed by atoms with Crippen LogP contribution in [0.15, 0.2) is 30.5 Å². The third kappa shape index (κ3) is 5.18. The molecular formula is C22H30N6O2. The second-order valence-corrected chi connectivity index (χ2v) is 7.76. The second-order valence-electron chi connectivity index (χ2n) is 7.76. The van der Waals surface area contributed by atoms with Gasteiger partial charge in [-0.25, -0.2) is 4.98 Å². The number of hydrogen-bond donors (Lipinski definition) is 2. The monoisotopic (exact) mass is 410 g/mol. The average Bonchev–Trinajstić information content (AvgIpc) is 3.19. The van der Waals surface area contributed by atoms with Crippen molar-refractivity contribution in [3.05, 3.63) is 36.0 Å². The quantitative estimate of drug-likeness (QED) is 0.648. The average molecular weight is 411 g/mol. The number of likely N-dealkylation sites (tertiary alicyclic amines) is 1. The zero-order valence-electron chi connectivity index (χ0n) is 17.6. The Morgan fingerprint density at radius 1 is 1.13 bits per heavy atom. The van der Waals surface area contributed by atoms with Gasteiger partial charge in [0.25, 0.3) is 0 Å². The number of hydrogen-bond acceptors (Lipinski definition) is 7. The lowest BCUT2D eigenvalue weighted by Crippen LogP contribution is -2.36. The molecule has 0 bridgehead atoms. The van der Waals surface area contributed by atoms with Gasteiger partial charge in [-0.05, 0) is 44.0 Å². The molecule has 160 valence electrons. The first-order chi connectivity index (χ1) is 14.7. The van der Waals surface area contributed by atoms with Crippen molar-refractivity contribution in [2.45, 2.75) is 26.2 Å². The van der Waals surface area contributed by atoms with Crippen LogP contribution in [-0.2, 0) is 9.53 Å². The second kappa shape index (κ2) is 9.75. The van der Waals surface area contributed by atoms with Crippen LogP contribution in [0.4, 0.5) is 23.1 Å². The molecule has 2 fully saturated rings. The Morgan fingerprint density at radius 3 is 2.67 bits per heavy atom. The molecule has 1 aromatic heterocycles. The molecule has 0 atom stereocenters. The number of aryl methyl sites for hydroxylation is 1. The molecule has 0 aliphatic carbocycles. The van der Waals surface area contributed by atoms with Gasteiger partial charge in [0.05, 0.1) is 13.2 Å². The van der Waals surface area contributed by atoms with Crippen LogP contribution in [0, 0.1) is 6.92 Å². The summed E-state index contributed by atoms with van der Waals surface area (Å²) in [7, 11) is 0. The fraction of sp³-hybridized carbons (Fsp3) is 0.500. The molecule has 0 spiro atoms. The van der Waals surface area contributed by atoms with Crippen molar-refractivity contribution in [2.24, 2.45) is 0 Å². The summed E-state index contributed by atoms with van der Waals surface area (Å²) >= 11 is 0. The smallest absolute Gasteiger partial charge is 0.224 e. The van der Waals surface area contributed by atoms with Crippen LogP contribution < -0.4 is 15.5 Å². The maximum Gasteiger partial charge on any atom is 0.224 e. The highest BCUT2D eigenvalue weighted by Crippen LogP contribution is 2.23. The molecule has 3 heterocycles. The van der Waals surface area contributed by atoms with Gasteiger partial charge in [0.1, 0.15) is 5.82 Å². The highest BCUT2D eigenvalue weighted by atomic mass is 16.5. The Balaban J connectivity index is 1.31. The van der Waals surface area contributed by atoms with Crippen LogP contribution in [0.1, 0.15) is 24.8 Å². The summed E-state index contributed by atoms with van der Waals surface area (Å²) in [4.78, 5) is 24.9. The van der Waals surface area contributed by atoms with Crippen LogP contribution >= 0.6 is 0 Å². The zero-order chi connectivity index (χ0) is 20.8. The number of anilines is 4. The molecule has 2 N–H and O–H groups in total. The summed E-state index contributed by atoms with van der Waals surface area (Å²) in [5.74, 6) is 1.66. The maximum atomic E-state index is 11.7. The van der Waals surface area contributed by atoms with E-state index in [1.807, 2.05) is 18.0 Å². The molecule has 2 saturated heterocycles. The number of carbonyl (C=O) groups is 1. The molecular weight excluding hydrogens is 380 g/mol. The molecule has 1 aromatic carbocycles. The number of aromatic nitrogens is 2. The van der Waals surface area contributed by atoms with E-state index in [0.717, 1.165) is 75.8 Å². The van der Waals surface area contributed by atoms with Gasteiger partial charge in [0.15, 0.2) is 0 Å². The summed E-state index contributed by atoms with van der Waals surface area (Å²) in [6, 6.07) is 8.41. The van der Waals surface area contributed by atoms with Crippen LogP contribution in [0.2, 0.25) is 0 Å². The molecule has 1 amide bonds. The molecule has 0 unspecified atom stereocenters. The number of nitrogens with zero attached hydrogens (tertiary/aromatic N) is 4. The van der Waals surface area contributed by atoms with Crippen molar-refractivity contribution in [2.75, 3.05) is 61.5 Å². The van der Waals surface area contributed by atoms with Gasteiger partial charge in [0, 0.05) is 62.3 Å². The topological polar surface area (TPSA) is 82.6 Å². The van der Waals surface area contributed by atoms with Crippen LogP contribution in [-0.4, -0.2) is 66.7 Å². The molecule has 0 saturated carbocycles. The van der Waals surface area contributed by atoms with E-state index >= 15 is 0 Å². The molecule has 4 rings (SSSR count). The number of benzene rings is 1. The number of morpholine rings is 1. The largest absolute Gasteiger partial charge is 0.378 e. The van der Waals surface area contributed by atoms with Crippen molar-refractivity contribution in [1.29, 1.82) is 0 Å². The summed E-state index contributed by atoms with van der Waals surface area (Å²) in [5.41, 5.74) is 3.19. The minimum absolute atomic E-state index is 0.271. The Hall–Kier alpha value is -2.87. The van der Waals surface area contributed by atoms with Crippen molar-refractivity contribution >= 4 is 29.0 Å². The Bertz CT molecular complexity index is 851. The van der Waals surface area contributed by atoms with Gasteiger partial charge >= 0.3 is 0 Å². The molecule has 2 aliphatic rings. The van der Waals surface area contributed by atoms with Gasteiger partial charge in [-0.15, -0.1) is 0 Å². The normalized spacial score (nSPS) is 16.8. The first kappa shape index (κ1) is 20.4. The number of amides is 1. The third-order valence-corrected chi connectivity index (χ3v) is 5.54. The standard InChI is InChI=1S/C22H30N6O2/c1-17-16-24-22(23-9-3-11-28-10-2-4-20(28)29)26-21(17)25-18-5-7-19(8-6-18)27-12-14-30-15-13-27/h5-8,16H,2-4,9-15H2,1H3,(H2,23,24,25,26). The lowest BCUT2D eigenvalue weighted by atomic mass is 10.2. The van der Waals surface area contributed by atoms with Crippen molar-refractivity contribution in [1.82, 2.24) is 14.9 Å². The molecule has 2 aromatic rings. The van der Waals surface area contributed by atoms with Crippen molar-refractivity contribution in [3.63, 3.8) is 0 Å². The zero-order valence-corrected chi connectivity index (χ0v) is 17.6. The molecule has 0 radical (unpaired) electrons. The van der Waals surface area contributed by atoms with E-state index in [9.17, 15) is 4.79 Å². The van der Waals surface area contributed by atoms with E-state index < -0.39 is 0 Å². The summed E-state index contributed by atoms with van der Waals surface area (Å²) < 4.78 is 5.42. The Kier molecular flexibility index (Phi) is 6.63. The molecule has 8 nitrogen and oxygen atoms in total. The van der Waals surface area contributed by atoms with Crippen molar-refractivity contribution in [3.8, 4) is 0 Å². The van der Waals surface area contributed by atoms with E-state index in [4.69, 9.17) is 4.74 Å². The molecule has 30 heavy (non-hydrogen) atoms. The maximum absolute atomic E-state index is 11.7. The lowest BCUT2D eigenvalue weighted by molar-refractivity contribution is -0.127. The number of rotatable bonds is 8. The fourth-order valence-electron chi connectivity index (χ4n) is 3.78. The van der Waals surface area contributed by atoms with E-state index in [1.54, 1.807) is 0 Å².